The predicted octanol–water partition coefficient (Wildman–Crippen LogP) is 1.87. The Morgan fingerprint density at radius 1 is 1.32 bits per heavy atom. The summed E-state index contributed by atoms with van der Waals surface area (Å²) in [5, 5.41) is 8.80. The first-order valence-corrected chi connectivity index (χ1v) is 6.36. The summed E-state index contributed by atoms with van der Waals surface area (Å²) in [5.41, 5.74) is 0. The van der Waals surface area contributed by atoms with Crippen LogP contribution in [0.15, 0.2) is 24.3 Å². The number of nitrogens with zero attached hydrogens (tertiary/aromatic N) is 1. The van der Waals surface area contributed by atoms with E-state index in [-0.39, 0.29) is 6.54 Å². The fourth-order valence-corrected chi connectivity index (χ4v) is 1.76. The van der Waals surface area contributed by atoms with Crippen molar-refractivity contribution in [3.05, 3.63) is 24.3 Å². The minimum atomic E-state index is -0.810. The second-order valence-electron chi connectivity index (χ2n) is 4.20. The maximum Gasteiger partial charge on any atom is 0.317 e. The van der Waals surface area contributed by atoms with E-state index in [4.69, 9.17) is 14.6 Å². The van der Waals surface area contributed by atoms with Gasteiger partial charge in [-0.25, -0.2) is 0 Å². The molecule has 106 valence electrons. The highest BCUT2D eigenvalue weighted by Gasteiger charge is 2.08. The van der Waals surface area contributed by atoms with Crippen LogP contribution in [0.4, 0.5) is 0 Å². The molecule has 5 heteroatoms. The largest absolute Gasteiger partial charge is 0.497 e. The molecule has 1 aromatic rings. The second kappa shape index (κ2) is 8.37. The van der Waals surface area contributed by atoms with E-state index in [2.05, 4.69) is 0 Å². The number of hydrogen-bond donors (Lipinski definition) is 1. The molecule has 1 N–H and O–H groups in total. The fraction of sp³-hybridized carbons (Fsp3) is 0.500. The van der Waals surface area contributed by atoms with E-state index in [0.29, 0.717) is 13.2 Å². The molecule has 0 saturated carbocycles. The maximum atomic E-state index is 10.7. The summed E-state index contributed by atoms with van der Waals surface area (Å²) >= 11 is 0. The molecular weight excluding hydrogens is 246 g/mol. The number of methoxy groups -OCH3 is 1. The first kappa shape index (κ1) is 15.3. The van der Waals surface area contributed by atoms with Crippen LogP contribution in [0.25, 0.3) is 0 Å². The molecule has 19 heavy (non-hydrogen) atoms. The average molecular weight is 267 g/mol. The molecule has 0 radical (unpaired) electrons. The van der Waals surface area contributed by atoms with Gasteiger partial charge in [0.2, 0.25) is 0 Å². The zero-order valence-electron chi connectivity index (χ0n) is 11.5. The summed E-state index contributed by atoms with van der Waals surface area (Å²) in [5.74, 6) is 0.661. The summed E-state index contributed by atoms with van der Waals surface area (Å²) in [6, 6.07) is 7.36. The Kier molecular flexibility index (Phi) is 6.74. The molecule has 0 bridgehead atoms. The van der Waals surface area contributed by atoms with Crippen molar-refractivity contribution in [2.75, 3.05) is 33.4 Å². The Labute approximate surface area is 113 Å². The maximum absolute atomic E-state index is 10.7. The van der Waals surface area contributed by atoms with Crippen LogP contribution in [-0.4, -0.2) is 49.3 Å². The molecule has 0 saturated heterocycles. The van der Waals surface area contributed by atoms with Crippen LogP contribution in [0.2, 0.25) is 0 Å². The summed E-state index contributed by atoms with van der Waals surface area (Å²) in [6.45, 7) is 3.89. The van der Waals surface area contributed by atoms with Gasteiger partial charge in [0.25, 0.3) is 0 Å². The van der Waals surface area contributed by atoms with Crippen molar-refractivity contribution in [1.82, 2.24) is 4.90 Å². The van der Waals surface area contributed by atoms with Crippen molar-refractivity contribution in [3.8, 4) is 11.5 Å². The number of rotatable bonds is 9. The third kappa shape index (κ3) is 6.10. The van der Waals surface area contributed by atoms with Gasteiger partial charge < -0.3 is 14.6 Å². The Balaban J connectivity index is 2.39. The van der Waals surface area contributed by atoms with Crippen molar-refractivity contribution in [1.29, 1.82) is 0 Å². The van der Waals surface area contributed by atoms with Gasteiger partial charge in [-0.15, -0.1) is 0 Å². The number of carbonyl (C=O) groups is 1. The lowest BCUT2D eigenvalue weighted by molar-refractivity contribution is -0.138. The smallest absolute Gasteiger partial charge is 0.317 e. The molecule has 0 atom stereocenters. The number of aliphatic carboxylic acids is 1. The van der Waals surface area contributed by atoms with Crippen LogP contribution in [0, 0.1) is 0 Å². The first-order chi connectivity index (χ1) is 9.15. The van der Waals surface area contributed by atoms with E-state index in [0.717, 1.165) is 24.5 Å². The monoisotopic (exact) mass is 267 g/mol. The van der Waals surface area contributed by atoms with Gasteiger partial charge in [-0.05, 0) is 25.1 Å². The van der Waals surface area contributed by atoms with Gasteiger partial charge >= 0.3 is 5.97 Å². The molecule has 0 spiro atoms. The van der Waals surface area contributed by atoms with Crippen molar-refractivity contribution in [2.24, 2.45) is 0 Å². The number of hydrogen-bond acceptors (Lipinski definition) is 4. The Morgan fingerprint density at radius 2 is 2.05 bits per heavy atom. The zero-order chi connectivity index (χ0) is 14.1. The van der Waals surface area contributed by atoms with E-state index >= 15 is 0 Å². The normalized spacial score (nSPS) is 10.5. The minimum Gasteiger partial charge on any atom is -0.497 e. The molecule has 1 rings (SSSR count). The molecule has 0 fully saturated rings. The molecule has 0 aliphatic rings. The summed E-state index contributed by atoms with van der Waals surface area (Å²) in [6.07, 6.45) is 0.923. The number of carboxylic acids is 1. The van der Waals surface area contributed by atoms with Crippen molar-refractivity contribution >= 4 is 5.97 Å². The lowest BCUT2D eigenvalue weighted by Crippen LogP contribution is -2.34. The molecule has 0 amide bonds. The number of benzene rings is 1. The van der Waals surface area contributed by atoms with E-state index in [1.807, 2.05) is 30.0 Å². The third-order valence-corrected chi connectivity index (χ3v) is 2.62. The Bertz CT molecular complexity index is 395. The highest BCUT2D eigenvalue weighted by atomic mass is 16.5. The SMILES string of the molecule is CCCN(CCOc1cccc(OC)c1)CC(=O)O. The molecule has 0 aromatic heterocycles. The van der Waals surface area contributed by atoms with Crippen LogP contribution in [-0.2, 0) is 4.79 Å². The van der Waals surface area contributed by atoms with Crippen LogP contribution in [0.3, 0.4) is 0 Å². The van der Waals surface area contributed by atoms with Crippen LogP contribution in [0.5, 0.6) is 11.5 Å². The van der Waals surface area contributed by atoms with Gasteiger partial charge in [0.15, 0.2) is 0 Å². The summed E-state index contributed by atoms with van der Waals surface area (Å²) < 4.78 is 10.7. The van der Waals surface area contributed by atoms with E-state index in [1.54, 1.807) is 13.2 Å². The fourth-order valence-electron chi connectivity index (χ4n) is 1.76. The second-order valence-corrected chi connectivity index (χ2v) is 4.20. The zero-order valence-corrected chi connectivity index (χ0v) is 11.5. The van der Waals surface area contributed by atoms with Gasteiger partial charge in [0.05, 0.1) is 13.7 Å². The van der Waals surface area contributed by atoms with Crippen molar-refractivity contribution < 1.29 is 19.4 Å². The van der Waals surface area contributed by atoms with Gasteiger partial charge in [-0.3, -0.25) is 9.69 Å². The summed E-state index contributed by atoms with van der Waals surface area (Å²) in [7, 11) is 1.61. The van der Waals surface area contributed by atoms with E-state index < -0.39 is 5.97 Å². The lowest BCUT2D eigenvalue weighted by atomic mass is 10.3. The summed E-state index contributed by atoms with van der Waals surface area (Å²) in [4.78, 5) is 12.6. The predicted molar refractivity (Wildman–Crippen MR) is 72.9 cm³/mol. The third-order valence-electron chi connectivity index (χ3n) is 2.62. The molecule has 1 aromatic carbocycles. The standard InChI is InChI=1S/C14H21NO4/c1-3-7-15(11-14(16)17)8-9-19-13-6-4-5-12(10-13)18-2/h4-6,10H,3,7-9,11H2,1-2H3,(H,16,17). The molecule has 0 heterocycles. The van der Waals surface area contributed by atoms with Crippen molar-refractivity contribution in [2.45, 2.75) is 13.3 Å². The van der Waals surface area contributed by atoms with Gasteiger partial charge in [0, 0.05) is 12.6 Å². The number of carboxylic acid groups (broad SMARTS) is 1. The highest BCUT2D eigenvalue weighted by Crippen LogP contribution is 2.18. The lowest BCUT2D eigenvalue weighted by Gasteiger charge is -2.19. The molecule has 5 nitrogen and oxygen atoms in total. The van der Waals surface area contributed by atoms with Crippen LogP contribution >= 0.6 is 0 Å². The Hall–Kier alpha value is -1.75. The van der Waals surface area contributed by atoms with Gasteiger partial charge in [-0.1, -0.05) is 13.0 Å². The Morgan fingerprint density at radius 3 is 2.68 bits per heavy atom. The molecule has 0 aliphatic carbocycles. The minimum absolute atomic E-state index is 0.0509. The number of ether oxygens (including phenoxy) is 2. The quantitative estimate of drug-likeness (QED) is 0.740. The average Bonchev–Trinajstić information content (AvgIpc) is 2.38. The molecule has 0 unspecified atom stereocenters. The van der Waals surface area contributed by atoms with E-state index in [1.165, 1.54) is 0 Å². The topological polar surface area (TPSA) is 59.0 Å². The van der Waals surface area contributed by atoms with Crippen molar-refractivity contribution in [3.63, 3.8) is 0 Å². The molecule has 0 aliphatic heterocycles. The van der Waals surface area contributed by atoms with E-state index in [9.17, 15) is 4.79 Å². The molecular formula is C14H21NO4. The van der Waals surface area contributed by atoms with Gasteiger partial charge in [0.1, 0.15) is 18.1 Å². The first-order valence-electron chi connectivity index (χ1n) is 6.36. The van der Waals surface area contributed by atoms with Gasteiger partial charge in [-0.2, -0.15) is 0 Å². The van der Waals surface area contributed by atoms with Crippen LogP contribution < -0.4 is 9.47 Å². The highest BCUT2D eigenvalue weighted by molar-refractivity contribution is 5.69. The van der Waals surface area contributed by atoms with Crippen LogP contribution in [0.1, 0.15) is 13.3 Å².